The molecule has 1 aromatic rings. The van der Waals surface area contributed by atoms with Crippen molar-refractivity contribution in [1.29, 1.82) is 0 Å². The molecule has 15 heavy (non-hydrogen) atoms. The maximum Gasteiger partial charge on any atom is 0.228 e. The first-order valence-corrected chi connectivity index (χ1v) is 5.72. The zero-order valence-electron chi connectivity index (χ0n) is 7.80. The summed E-state index contributed by atoms with van der Waals surface area (Å²) in [6, 6.07) is 4.88. The van der Waals surface area contributed by atoms with Gasteiger partial charge in [0.25, 0.3) is 0 Å². The first-order valence-electron chi connectivity index (χ1n) is 4.23. The molecule has 0 aromatic heterocycles. The van der Waals surface area contributed by atoms with Gasteiger partial charge in [-0.1, -0.05) is 33.6 Å². The minimum atomic E-state index is -0.935. The van der Waals surface area contributed by atoms with E-state index in [0.717, 1.165) is 0 Å². The van der Waals surface area contributed by atoms with E-state index in [1.807, 2.05) is 0 Å². The summed E-state index contributed by atoms with van der Waals surface area (Å²) < 4.78 is 16.8. The van der Waals surface area contributed by atoms with E-state index < -0.39 is 6.86 Å². The van der Waals surface area contributed by atoms with Crippen LogP contribution < -0.4 is 4.74 Å². The van der Waals surface area contributed by atoms with E-state index in [1.54, 1.807) is 18.2 Å². The summed E-state index contributed by atoms with van der Waals surface area (Å²) in [5.74, 6) is 0.283. The SMILES string of the molecule is O=C(CBr)Cc1c(Cl)cccc1OCF. The largest absolute Gasteiger partial charge is 0.463 e. The van der Waals surface area contributed by atoms with E-state index in [9.17, 15) is 9.18 Å². The molecule has 0 bridgehead atoms. The summed E-state index contributed by atoms with van der Waals surface area (Å²) in [6.07, 6.45) is 0.139. The second-order valence-electron chi connectivity index (χ2n) is 2.82. The average Bonchev–Trinajstić information content (AvgIpc) is 2.23. The van der Waals surface area contributed by atoms with Crippen LogP contribution in [0, 0.1) is 0 Å². The van der Waals surface area contributed by atoms with Crippen LogP contribution in [-0.2, 0) is 11.2 Å². The van der Waals surface area contributed by atoms with Crippen LogP contribution in [0.25, 0.3) is 0 Å². The van der Waals surface area contributed by atoms with Crippen LogP contribution in [0.15, 0.2) is 18.2 Å². The number of ketones is 1. The number of hydrogen-bond donors (Lipinski definition) is 0. The Morgan fingerprint density at radius 2 is 2.27 bits per heavy atom. The highest BCUT2D eigenvalue weighted by molar-refractivity contribution is 9.09. The predicted molar refractivity (Wildman–Crippen MR) is 60.6 cm³/mol. The topological polar surface area (TPSA) is 26.3 Å². The lowest BCUT2D eigenvalue weighted by molar-refractivity contribution is -0.115. The summed E-state index contributed by atoms with van der Waals surface area (Å²) in [6.45, 7) is -0.935. The van der Waals surface area contributed by atoms with E-state index in [4.69, 9.17) is 16.3 Å². The third kappa shape index (κ3) is 3.47. The van der Waals surface area contributed by atoms with Gasteiger partial charge in [0.2, 0.25) is 6.86 Å². The summed E-state index contributed by atoms with van der Waals surface area (Å²) in [4.78, 5) is 11.2. The number of Topliss-reactive ketones (excluding diaryl/α,β-unsaturated/α-hetero) is 1. The minimum absolute atomic E-state index is 0.0354. The molecule has 0 amide bonds. The average molecular weight is 296 g/mol. The van der Waals surface area contributed by atoms with Crippen molar-refractivity contribution >= 4 is 33.3 Å². The molecule has 2 nitrogen and oxygen atoms in total. The van der Waals surface area contributed by atoms with Gasteiger partial charge in [0.1, 0.15) is 11.5 Å². The van der Waals surface area contributed by atoms with Crippen molar-refractivity contribution in [1.82, 2.24) is 0 Å². The number of hydrogen-bond acceptors (Lipinski definition) is 2. The molecule has 0 unspecified atom stereocenters. The number of alkyl halides is 2. The Bertz CT molecular complexity index is 357. The van der Waals surface area contributed by atoms with E-state index in [2.05, 4.69) is 15.9 Å². The smallest absolute Gasteiger partial charge is 0.228 e. The number of ether oxygens (including phenoxy) is 1. The van der Waals surface area contributed by atoms with Crippen molar-refractivity contribution in [2.75, 3.05) is 12.2 Å². The maximum absolute atomic E-state index is 12.1. The van der Waals surface area contributed by atoms with Gasteiger partial charge in [-0.25, -0.2) is 4.39 Å². The lowest BCUT2D eigenvalue weighted by Gasteiger charge is -2.09. The molecule has 0 fully saturated rings. The number of rotatable bonds is 5. The summed E-state index contributed by atoms with van der Waals surface area (Å²) in [5.41, 5.74) is 0.529. The Hall–Kier alpha value is -0.610. The molecule has 1 aromatic carbocycles. The summed E-state index contributed by atoms with van der Waals surface area (Å²) in [7, 11) is 0. The van der Waals surface area contributed by atoms with Crippen molar-refractivity contribution in [3.63, 3.8) is 0 Å². The predicted octanol–water partition coefficient (Wildman–Crippen LogP) is 3.15. The normalized spacial score (nSPS) is 10.1. The van der Waals surface area contributed by atoms with Gasteiger partial charge in [0.15, 0.2) is 0 Å². The van der Waals surface area contributed by atoms with Gasteiger partial charge in [-0.15, -0.1) is 0 Å². The fraction of sp³-hybridized carbons (Fsp3) is 0.300. The second-order valence-corrected chi connectivity index (χ2v) is 3.79. The molecule has 0 radical (unpaired) electrons. The molecule has 0 saturated carbocycles. The minimum Gasteiger partial charge on any atom is -0.463 e. The monoisotopic (exact) mass is 294 g/mol. The maximum atomic E-state index is 12.1. The number of benzene rings is 1. The van der Waals surface area contributed by atoms with Gasteiger partial charge in [0, 0.05) is 17.0 Å². The molecule has 0 saturated heterocycles. The quantitative estimate of drug-likeness (QED) is 0.780. The molecule has 5 heteroatoms. The molecule has 0 atom stereocenters. The fourth-order valence-electron chi connectivity index (χ4n) is 1.15. The Morgan fingerprint density at radius 3 is 2.87 bits per heavy atom. The molecule has 0 heterocycles. The van der Waals surface area contributed by atoms with Crippen LogP contribution in [0.4, 0.5) is 4.39 Å². The molecule has 82 valence electrons. The lowest BCUT2D eigenvalue weighted by Crippen LogP contribution is -2.06. The summed E-state index contributed by atoms with van der Waals surface area (Å²) in [5, 5.41) is 0.656. The van der Waals surface area contributed by atoms with E-state index >= 15 is 0 Å². The first-order chi connectivity index (χ1) is 7.19. The first kappa shape index (κ1) is 12.5. The highest BCUT2D eigenvalue weighted by atomic mass is 79.9. The Balaban J connectivity index is 2.96. The van der Waals surface area contributed by atoms with Gasteiger partial charge >= 0.3 is 0 Å². The number of carbonyl (C=O) groups is 1. The van der Waals surface area contributed by atoms with Crippen LogP contribution in [-0.4, -0.2) is 18.0 Å². The van der Waals surface area contributed by atoms with Crippen LogP contribution in [0.2, 0.25) is 5.02 Å². The second kappa shape index (κ2) is 6.08. The Kier molecular flexibility index (Phi) is 5.05. The molecular formula is C10H9BrClFO2. The van der Waals surface area contributed by atoms with Gasteiger partial charge in [-0.3, -0.25) is 4.79 Å². The standard InChI is InChI=1S/C10H9BrClFO2/c11-5-7(14)4-8-9(12)2-1-3-10(8)15-6-13/h1-3H,4-6H2. The van der Waals surface area contributed by atoms with Crippen LogP contribution in [0.3, 0.4) is 0 Å². The Labute approximate surface area is 101 Å². The Morgan fingerprint density at radius 1 is 1.53 bits per heavy atom. The van der Waals surface area contributed by atoms with Gasteiger partial charge in [-0.2, -0.15) is 0 Å². The van der Waals surface area contributed by atoms with E-state index in [-0.39, 0.29) is 17.5 Å². The molecule has 0 aliphatic carbocycles. The molecule has 0 N–H and O–H groups in total. The zero-order valence-corrected chi connectivity index (χ0v) is 10.1. The van der Waals surface area contributed by atoms with Crippen molar-refractivity contribution in [3.05, 3.63) is 28.8 Å². The van der Waals surface area contributed by atoms with Gasteiger partial charge in [-0.05, 0) is 12.1 Å². The molecule has 0 aliphatic rings. The summed E-state index contributed by atoms with van der Waals surface area (Å²) >= 11 is 8.95. The van der Waals surface area contributed by atoms with Crippen LogP contribution in [0.5, 0.6) is 5.75 Å². The third-order valence-electron chi connectivity index (χ3n) is 1.81. The van der Waals surface area contributed by atoms with Crippen molar-refractivity contribution in [2.45, 2.75) is 6.42 Å². The fourth-order valence-corrected chi connectivity index (χ4v) is 1.58. The highest BCUT2D eigenvalue weighted by Gasteiger charge is 2.11. The molecule has 0 aliphatic heterocycles. The molecular weight excluding hydrogens is 286 g/mol. The van der Waals surface area contributed by atoms with Crippen LogP contribution in [0.1, 0.15) is 5.56 Å². The lowest BCUT2D eigenvalue weighted by atomic mass is 10.1. The molecule has 0 spiro atoms. The van der Waals surface area contributed by atoms with Crippen molar-refractivity contribution < 1.29 is 13.9 Å². The third-order valence-corrected chi connectivity index (χ3v) is 2.79. The van der Waals surface area contributed by atoms with Gasteiger partial charge < -0.3 is 4.74 Å². The molecule has 1 rings (SSSR count). The van der Waals surface area contributed by atoms with Crippen LogP contribution >= 0.6 is 27.5 Å². The zero-order chi connectivity index (χ0) is 11.3. The van der Waals surface area contributed by atoms with Crippen molar-refractivity contribution in [2.24, 2.45) is 0 Å². The number of carbonyl (C=O) groups excluding carboxylic acids is 1. The van der Waals surface area contributed by atoms with Gasteiger partial charge in [0.05, 0.1) is 5.33 Å². The highest BCUT2D eigenvalue weighted by Crippen LogP contribution is 2.27. The number of halogens is 3. The van der Waals surface area contributed by atoms with Crippen molar-refractivity contribution in [3.8, 4) is 5.75 Å². The van der Waals surface area contributed by atoms with E-state index in [1.165, 1.54) is 0 Å². The van der Waals surface area contributed by atoms with E-state index in [0.29, 0.717) is 16.3 Å².